The van der Waals surface area contributed by atoms with Gasteiger partial charge in [0.2, 0.25) is 5.91 Å². The fourth-order valence-electron chi connectivity index (χ4n) is 2.28. The smallest absolute Gasteiger partial charge is 0.361 e. The lowest BCUT2D eigenvalue weighted by molar-refractivity contribution is -0.115. The molecular formula is C17H17N5O2. The van der Waals surface area contributed by atoms with Crippen LogP contribution in [0.15, 0.2) is 42.5 Å². The van der Waals surface area contributed by atoms with Crippen molar-refractivity contribution in [2.24, 2.45) is 0 Å². The minimum atomic E-state index is -0.0597. The Morgan fingerprint density at radius 2 is 1.96 bits per heavy atom. The Balaban J connectivity index is 1.61. The third-order valence-electron chi connectivity index (χ3n) is 3.53. The summed E-state index contributed by atoms with van der Waals surface area (Å²) in [6.07, 6.45) is 0.342. The minimum absolute atomic E-state index is 0.0597. The SMILES string of the molecule is Cc1ccc(C)c(CC(=O)Nc2ccc(Oc3nn[nH]n3)cc2)c1. The number of nitrogens with one attached hydrogen (secondary N) is 2. The Labute approximate surface area is 139 Å². The number of carbonyl (C=O) groups is 1. The molecule has 7 heteroatoms. The van der Waals surface area contributed by atoms with Crippen molar-refractivity contribution in [2.75, 3.05) is 5.32 Å². The van der Waals surface area contributed by atoms with Crippen LogP contribution in [-0.2, 0) is 11.2 Å². The first kappa shape index (κ1) is 15.7. The van der Waals surface area contributed by atoms with Crippen LogP contribution in [0.1, 0.15) is 16.7 Å². The molecule has 0 aliphatic heterocycles. The van der Waals surface area contributed by atoms with Crippen LogP contribution >= 0.6 is 0 Å². The zero-order valence-corrected chi connectivity index (χ0v) is 13.4. The highest BCUT2D eigenvalue weighted by atomic mass is 16.5. The maximum atomic E-state index is 12.2. The molecular weight excluding hydrogens is 306 g/mol. The number of carbonyl (C=O) groups excluding carboxylic acids is 1. The van der Waals surface area contributed by atoms with Gasteiger partial charge >= 0.3 is 6.01 Å². The second kappa shape index (κ2) is 6.91. The van der Waals surface area contributed by atoms with Gasteiger partial charge < -0.3 is 10.1 Å². The first-order chi connectivity index (χ1) is 11.6. The number of benzene rings is 2. The molecule has 0 bridgehead atoms. The van der Waals surface area contributed by atoms with Gasteiger partial charge in [-0.3, -0.25) is 4.79 Å². The summed E-state index contributed by atoms with van der Waals surface area (Å²) in [4.78, 5) is 12.2. The number of aromatic amines is 1. The number of rotatable bonds is 5. The van der Waals surface area contributed by atoms with Gasteiger partial charge in [-0.05, 0) is 54.5 Å². The molecule has 0 aliphatic rings. The maximum Gasteiger partial charge on any atom is 0.361 e. The molecule has 0 radical (unpaired) electrons. The minimum Gasteiger partial charge on any atom is -0.422 e. The number of ether oxygens (including phenoxy) is 1. The zero-order valence-electron chi connectivity index (χ0n) is 13.4. The van der Waals surface area contributed by atoms with Crippen LogP contribution in [0.4, 0.5) is 5.69 Å². The summed E-state index contributed by atoms with van der Waals surface area (Å²) < 4.78 is 5.37. The number of hydrogen-bond acceptors (Lipinski definition) is 5. The van der Waals surface area contributed by atoms with Gasteiger partial charge in [-0.15, -0.1) is 0 Å². The average molecular weight is 323 g/mol. The number of hydrogen-bond donors (Lipinski definition) is 2. The number of nitrogens with zero attached hydrogens (tertiary/aromatic N) is 3. The van der Waals surface area contributed by atoms with E-state index in [9.17, 15) is 4.79 Å². The van der Waals surface area contributed by atoms with E-state index in [1.54, 1.807) is 24.3 Å². The summed E-state index contributed by atoms with van der Waals surface area (Å²) >= 11 is 0. The topological polar surface area (TPSA) is 92.8 Å². The van der Waals surface area contributed by atoms with E-state index in [1.807, 2.05) is 32.0 Å². The molecule has 2 N–H and O–H groups in total. The largest absolute Gasteiger partial charge is 0.422 e. The molecule has 0 spiro atoms. The Morgan fingerprint density at radius 1 is 1.17 bits per heavy atom. The molecule has 3 rings (SSSR count). The number of tetrazole rings is 1. The molecule has 0 unspecified atom stereocenters. The molecule has 1 aromatic heterocycles. The molecule has 3 aromatic rings. The van der Waals surface area contributed by atoms with E-state index in [4.69, 9.17) is 4.74 Å². The highest BCUT2D eigenvalue weighted by Crippen LogP contribution is 2.20. The van der Waals surface area contributed by atoms with Gasteiger partial charge in [0, 0.05) is 5.69 Å². The molecule has 1 heterocycles. The summed E-state index contributed by atoms with van der Waals surface area (Å²) in [5.41, 5.74) is 3.99. The van der Waals surface area contributed by atoms with Crippen LogP contribution in [0, 0.1) is 13.8 Å². The van der Waals surface area contributed by atoms with Crippen molar-refractivity contribution in [3.8, 4) is 11.8 Å². The van der Waals surface area contributed by atoms with Crippen molar-refractivity contribution in [3.63, 3.8) is 0 Å². The fourth-order valence-corrected chi connectivity index (χ4v) is 2.28. The third-order valence-corrected chi connectivity index (χ3v) is 3.53. The van der Waals surface area contributed by atoms with Crippen molar-refractivity contribution in [1.29, 1.82) is 0 Å². The second-order valence-electron chi connectivity index (χ2n) is 5.48. The number of aryl methyl sites for hydroxylation is 2. The first-order valence-corrected chi connectivity index (χ1v) is 7.47. The van der Waals surface area contributed by atoms with Crippen LogP contribution in [0.25, 0.3) is 0 Å². The van der Waals surface area contributed by atoms with E-state index in [0.29, 0.717) is 17.9 Å². The predicted molar refractivity (Wildman–Crippen MR) is 88.9 cm³/mol. The van der Waals surface area contributed by atoms with Crippen LogP contribution in [0.5, 0.6) is 11.8 Å². The third kappa shape index (κ3) is 3.95. The lowest BCUT2D eigenvalue weighted by Crippen LogP contribution is -2.15. The molecule has 0 atom stereocenters. The van der Waals surface area contributed by atoms with E-state index in [1.165, 1.54) is 0 Å². The molecule has 7 nitrogen and oxygen atoms in total. The Hall–Kier alpha value is -3.22. The normalized spacial score (nSPS) is 10.4. The van der Waals surface area contributed by atoms with E-state index in [-0.39, 0.29) is 11.9 Å². The number of aromatic nitrogens is 4. The van der Waals surface area contributed by atoms with Gasteiger partial charge in [0.05, 0.1) is 6.42 Å². The van der Waals surface area contributed by atoms with E-state index >= 15 is 0 Å². The molecule has 0 saturated heterocycles. The Kier molecular flexibility index (Phi) is 4.51. The summed E-state index contributed by atoms with van der Waals surface area (Å²) in [5.74, 6) is 0.500. The van der Waals surface area contributed by atoms with Crippen molar-refractivity contribution in [1.82, 2.24) is 20.6 Å². The van der Waals surface area contributed by atoms with Crippen LogP contribution in [0.2, 0.25) is 0 Å². The van der Waals surface area contributed by atoms with Crippen molar-refractivity contribution >= 4 is 11.6 Å². The highest BCUT2D eigenvalue weighted by Gasteiger charge is 2.08. The lowest BCUT2D eigenvalue weighted by atomic mass is 10.0. The van der Waals surface area contributed by atoms with Crippen LogP contribution < -0.4 is 10.1 Å². The maximum absolute atomic E-state index is 12.2. The molecule has 122 valence electrons. The van der Waals surface area contributed by atoms with Gasteiger partial charge in [0.25, 0.3) is 0 Å². The molecule has 24 heavy (non-hydrogen) atoms. The van der Waals surface area contributed by atoms with E-state index in [2.05, 4.69) is 25.9 Å². The molecule has 0 saturated carbocycles. The van der Waals surface area contributed by atoms with Gasteiger partial charge in [0.1, 0.15) is 5.75 Å². The van der Waals surface area contributed by atoms with Gasteiger partial charge in [-0.25, -0.2) is 0 Å². The predicted octanol–water partition coefficient (Wildman–Crippen LogP) is 2.79. The second-order valence-corrected chi connectivity index (χ2v) is 5.48. The lowest BCUT2D eigenvalue weighted by Gasteiger charge is -2.09. The van der Waals surface area contributed by atoms with Crippen LogP contribution in [-0.4, -0.2) is 26.5 Å². The highest BCUT2D eigenvalue weighted by molar-refractivity contribution is 5.92. The molecule has 0 fully saturated rings. The van der Waals surface area contributed by atoms with Crippen molar-refractivity contribution in [3.05, 3.63) is 59.2 Å². The Bertz CT molecular complexity index is 829. The number of amides is 1. The van der Waals surface area contributed by atoms with Gasteiger partial charge in [0.15, 0.2) is 0 Å². The molecule has 2 aromatic carbocycles. The zero-order chi connectivity index (χ0) is 16.9. The monoisotopic (exact) mass is 323 g/mol. The summed E-state index contributed by atoms with van der Waals surface area (Å²) in [6, 6.07) is 13.2. The molecule has 0 aliphatic carbocycles. The molecule has 1 amide bonds. The summed E-state index contributed by atoms with van der Waals surface area (Å²) in [6.45, 7) is 4.02. The fraction of sp³-hybridized carbons (Fsp3) is 0.176. The Morgan fingerprint density at radius 3 is 2.67 bits per heavy atom. The van der Waals surface area contributed by atoms with E-state index in [0.717, 1.165) is 16.7 Å². The average Bonchev–Trinajstić information content (AvgIpc) is 3.06. The summed E-state index contributed by atoms with van der Waals surface area (Å²) in [7, 11) is 0. The van der Waals surface area contributed by atoms with Gasteiger partial charge in [-0.2, -0.15) is 5.21 Å². The standard InChI is InChI=1S/C17H17N5O2/c1-11-3-4-12(2)13(9-11)10-16(23)18-14-5-7-15(8-6-14)24-17-19-21-22-20-17/h3-9H,10H2,1-2H3,(H,18,23)(H,19,20,21,22). The van der Waals surface area contributed by atoms with Gasteiger partial charge in [-0.1, -0.05) is 34.0 Å². The quantitative estimate of drug-likeness (QED) is 0.753. The number of anilines is 1. The first-order valence-electron chi connectivity index (χ1n) is 7.47. The van der Waals surface area contributed by atoms with Crippen molar-refractivity contribution in [2.45, 2.75) is 20.3 Å². The number of H-pyrrole nitrogens is 1. The summed E-state index contributed by atoms with van der Waals surface area (Å²) in [5, 5.41) is 16.0. The van der Waals surface area contributed by atoms with E-state index < -0.39 is 0 Å². The van der Waals surface area contributed by atoms with Crippen molar-refractivity contribution < 1.29 is 9.53 Å². The van der Waals surface area contributed by atoms with Crippen LogP contribution in [0.3, 0.4) is 0 Å².